The van der Waals surface area contributed by atoms with Gasteiger partial charge in [-0.05, 0) is 49.7 Å². The molecule has 2 aromatic carbocycles. The fraction of sp³-hybridized carbons (Fsp3) is 0.320. The Morgan fingerprint density at radius 1 is 1.00 bits per heavy atom. The first-order valence-corrected chi connectivity index (χ1v) is 11.4. The third-order valence-corrected chi connectivity index (χ3v) is 5.15. The van der Waals surface area contributed by atoms with Crippen LogP contribution in [0.15, 0.2) is 53.1 Å². The number of unbranched alkanes of at least 4 members (excludes halogenated alkanes) is 3. The smallest absolute Gasteiger partial charge is 0.346 e. The summed E-state index contributed by atoms with van der Waals surface area (Å²) in [4.78, 5) is 25.4. The highest BCUT2D eigenvalue weighted by Crippen LogP contribution is 2.31. The minimum Gasteiger partial charge on any atom is -0.494 e. The zero-order valence-corrected chi connectivity index (χ0v) is 19.5. The molecule has 0 spiro atoms. The van der Waals surface area contributed by atoms with Crippen LogP contribution in [0.3, 0.4) is 0 Å². The van der Waals surface area contributed by atoms with Crippen molar-refractivity contribution in [2.24, 2.45) is 0 Å². The molecular weight excluding hydrogens is 444 g/mol. The van der Waals surface area contributed by atoms with Gasteiger partial charge in [0.2, 0.25) is 5.88 Å². The van der Waals surface area contributed by atoms with E-state index < -0.39 is 11.9 Å². The lowest BCUT2D eigenvalue weighted by Gasteiger charge is -2.08. The van der Waals surface area contributed by atoms with E-state index in [1.165, 1.54) is 12.8 Å². The van der Waals surface area contributed by atoms with Crippen molar-refractivity contribution in [1.29, 1.82) is 0 Å². The number of carbonyl (C=O) groups excluding carboxylic acids is 2. The SMILES string of the molecule is CCCCCCOc1ccc(C(=O)Nc2onc(-c3ccc(Cl)cc3)c2C(=O)OCC)cc1. The molecule has 3 rings (SSSR count). The van der Waals surface area contributed by atoms with Crippen LogP contribution in [-0.2, 0) is 4.74 Å². The van der Waals surface area contributed by atoms with Crippen molar-refractivity contribution in [3.63, 3.8) is 0 Å². The van der Waals surface area contributed by atoms with E-state index in [2.05, 4.69) is 17.4 Å². The van der Waals surface area contributed by atoms with Gasteiger partial charge in [-0.3, -0.25) is 10.1 Å². The number of nitrogens with one attached hydrogen (secondary N) is 1. The zero-order valence-electron chi connectivity index (χ0n) is 18.7. The molecule has 174 valence electrons. The van der Waals surface area contributed by atoms with Crippen LogP contribution in [0.4, 0.5) is 5.88 Å². The van der Waals surface area contributed by atoms with E-state index in [9.17, 15) is 9.59 Å². The molecule has 0 saturated carbocycles. The number of ether oxygens (including phenoxy) is 2. The lowest BCUT2D eigenvalue weighted by atomic mass is 10.1. The molecule has 1 aromatic heterocycles. The molecule has 0 aliphatic rings. The zero-order chi connectivity index (χ0) is 23.6. The summed E-state index contributed by atoms with van der Waals surface area (Å²) in [5.41, 5.74) is 1.28. The second-order valence-corrected chi connectivity index (χ2v) is 7.79. The minimum atomic E-state index is -0.647. The van der Waals surface area contributed by atoms with Crippen LogP contribution in [0, 0.1) is 0 Å². The molecule has 0 unspecified atom stereocenters. The van der Waals surface area contributed by atoms with Crippen LogP contribution in [-0.4, -0.2) is 30.2 Å². The van der Waals surface area contributed by atoms with Crippen molar-refractivity contribution in [3.8, 4) is 17.0 Å². The summed E-state index contributed by atoms with van der Waals surface area (Å²) in [6.07, 6.45) is 4.49. The highest BCUT2D eigenvalue weighted by molar-refractivity contribution is 6.30. The number of benzene rings is 2. The predicted octanol–water partition coefficient (Wildman–Crippen LogP) is 6.38. The number of amides is 1. The minimum absolute atomic E-state index is 0.0413. The monoisotopic (exact) mass is 470 g/mol. The highest BCUT2D eigenvalue weighted by atomic mass is 35.5. The molecule has 0 aliphatic heterocycles. The Hall–Kier alpha value is -3.32. The lowest BCUT2D eigenvalue weighted by Crippen LogP contribution is -2.15. The number of anilines is 1. The maximum atomic E-state index is 12.8. The molecule has 1 heterocycles. The summed E-state index contributed by atoms with van der Waals surface area (Å²) in [5, 5.41) is 7.14. The summed E-state index contributed by atoms with van der Waals surface area (Å²) in [6, 6.07) is 13.5. The van der Waals surface area contributed by atoms with Gasteiger partial charge in [-0.15, -0.1) is 0 Å². The van der Waals surface area contributed by atoms with Crippen LogP contribution >= 0.6 is 11.6 Å². The third kappa shape index (κ3) is 6.58. The summed E-state index contributed by atoms with van der Waals surface area (Å²) < 4.78 is 16.2. The molecule has 8 heteroatoms. The standard InChI is InChI=1S/C25H27ClN2O5/c1-3-5-6-7-16-32-20-14-10-18(11-15-20)23(29)27-24-21(25(30)31-4-2)22(28-33-24)17-8-12-19(26)13-9-17/h8-15H,3-7,16H2,1-2H3,(H,27,29). The van der Waals surface area contributed by atoms with Crippen LogP contribution in [0.25, 0.3) is 11.3 Å². The molecule has 0 atom stereocenters. The molecule has 33 heavy (non-hydrogen) atoms. The Labute approximate surface area is 198 Å². The number of hydrogen-bond acceptors (Lipinski definition) is 6. The maximum absolute atomic E-state index is 12.8. The van der Waals surface area contributed by atoms with Gasteiger partial charge in [0.05, 0.1) is 13.2 Å². The van der Waals surface area contributed by atoms with Crippen molar-refractivity contribution in [2.45, 2.75) is 39.5 Å². The van der Waals surface area contributed by atoms with Gasteiger partial charge < -0.3 is 14.0 Å². The van der Waals surface area contributed by atoms with Crippen molar-refractivity contribution in [3.05, 3.63) is 64.7 Å². The van der Waals surface area contributed by atoms with Gasteiger partial charge in [-0.2, -0.15) is 0 Å². The van der Waals surface area contributed by atoms with Crippen LogP contribution < -0.4 is 10.1 Å². The highest BCUT2D eigenvalue weighted by Gasteiger charge is 2.27. The van der Waals surface area contributed by atoms with Crippen molar-refractivity contribution >= 4 is 29.4 Å². The summed E-state index contributed by atoms with van der Waals surface area (Å²) in [7, 11) is 0. The number of hydrogen-bond donors (Lipinski definition) is 1. The number of nitrogens with zero attached hydrogens (tertiary/aromatic N) is 1. The molecule has 1 amide bonds. The van der Waals surface area contributed by atoms with E-state index in [0.717, 1.165) is 12.8 Å². The number of esters is 1. The average Bonchev–Trinajstić information content (AvgIpc) is 3.23. The van der Waals surface area contributed by atoms with Crippen LogP contribution in [0.5, 0.6) is 5.75 Å². The topological polar surface area (TPSA) is 90.7 Å². The number of halogens is 1. The largest absolute Gasteiger partial charge is 0.494 e. The summed E-state index contributed by atoms with van der Waals surface area (Å²) in [5.74, 6) is -0.487. The van der Waals surface area contributed by atoms with Gasteiger partial charge in [0.25, 0.3) is 5.91 Å². The number of aromatic nitrogens is 1. The second kappa shape index (κ2) is 12.1. The fourth-order valence-corrected chi connectivity index (χ4v) is 3.30. The van der Waals surface area contributed by atoms with Crippen molar-refractivity contribution < 1.29 is 23.6 Å². The molecule has 1 N–H and O–H groups in total. The Morgan fingerprint density at radius 2 is 1.73 bits per heavy atom. The summed E-state index contributed by atoms with van der Waals surface area (Å²) in [6.45, 7) is 4.66. The molecular formula is C25H27ClN2O5. The van der Waals surface area contributed by atoms with Gasteiger partial charge >= 0.3 is 5.97 Å². The second-order valence-electron chi connectivity index (χ2n) is 7.35. The Balaban J connectivity index is 1.73. The number of carbonyl (C=O) groups is 2. The molecule has 0 bridgehead atoms. The van der Waals surface area contributed by atoms with E-state index >= 15 is 0 Å². The Kier molecular flexibility index (Phi) is 8.89. The Morgan fingerprint density at radius 3 is 2.39 bits per heavy atom. The van der Waals surface area contributed by atoms with E-state index in [4.69, 9.17) is 25.6 Å². The summed E-state index contributed by atoms with van der Waals surface area (Å²) >= 11 is 5.95. The third-order valence-electron chi connectivity index (χ3n) is 4.90. The molecule has 3 aromatic rings. The van der Waals surface area contributed by atoms with Gasteiger partial charge in [0.1, 0.15) is 11.4 Å². The van der Waals surface area contributed by atoms with Crippen LogP contribution in [0.2, 0.25) is 5.02 Å². The molecule has 0 fully saturated rings. The average molecular weight is 471 g/mol. The lowest BCUT2D eigenvalue weighted by molar-refractivity contribution is 0.0528. The van der Waals surface area contributed by atoms with Gasteiger partial charge in [-0.1, -0.05) is 55.1 Å². The first-order valence-electron chi connectivity index (χ1n) is 11.0. The normalized spacial score (nSPS) is 10.6. The molecule has 0 aliphatic carbocycles. The first-order chi connectivity index (χ1) is 16.0. The van der Waals surface area contributed by atoms with Gasteiger partial charge in [-0.25, -0.2) is 4.79 Å². The van der Waals surface area contributed by atoms with Gasteiger partial charge in [0, 0.05) is 16.1 Å². The quantitative estimate of drug-likeness (QED) is 0.258. The van der Waals surface area contributed by atoms with E-state index in [1.807, 2.05) is 0 Å². The first kappa shape index (κ1) is 24.3. The molecule has 0 radical (unpaired) electrons. The van der Waals surface area contributed by atoms with E-state index in [-0.39, 0.29) is 23.7 Å². The van der Waals surface area contributed by atoms with E-state index in [1.54, 1.807) is 55.5 Å². The molecule has 0 saturated heterocycles. The maximum Gasteiger partial charge on any atom is 0.346 e. The van der Waals surface area contributed by atoms with Crippen molar-refractivity contribution in [2.75, 3.05) is 18.5 Å². The fourth-order valence-electron chi connectivity index (χ4n) is 3.17. The van der Waals surface area contributed by atoms with Gasteiger partial charge in [0.15, 0.2) is 5.56 Å². The Bertz CT molecular complexity index is 1060. The van der Waals surface area contributed by atoms with E-state index in [0.29, 0.717) is 28.5 Å². The molecule has 7 nitrogen and oxygen atoms in total. The number of rotatable bonds is 11. The van der Waals surface area contributed by atoms with Crippen LogP contribution in [0.1, 0.15) is 60.2 Å². The van der Waals surface area contributed by atoms with Crippen molar-refractivity contribution in [1.82, 2.24) is 5.16 Å². The predicted molar refractivity (Wildman–Crippen MR) is 127 cm³/mol.